The van der Waals surface area contributed by atoms with Crippen LogP contribution in [0.3, 0.4) is 0 Å². The summed E-state index contributed by atoms with van der Waals surface area (Å²) in [5, 5.41) is 28.1. The number of nitrogens with two attached hydrogens (primary N) is 1. The summed E-state index contributed by atoms with van der Waals surface area (Å²) in [7, 11) is 1.53. The van der Waals surface area contributed by atoms with Gasteiger partial charge in [-0.1, -0.05) is 78.3 Å². The van der Waals surface area contributed by atoms with Gasteiger partial charge < -0.3 is 41.2 Å². The fraction of sp³-hybridized carbons (Fsp3) is 0.275. The van der Waals surface area contributed by atoms with Gasteiger partial charge in [0.1, 0.15) is 16.9 Å². The summed E-state index contributed by atoms with van der Waals surface area (Å²) in [6.07, 6.45) is 0.0203. The number of methoxy groups -OCH3 is 1. The van der Waals surface area contributed by atoms with E-state index in [1.165, 1.54) is 19.2 Å². The van der Waals surface area contributed by atoms with Gasteiger partial charge in [-0.15, -0.1) is 0 Å². The molecule has 0 radical (unpaired) electrons. The van der Waals surface area contributed by atoms with Crippen LogP contribution in [0.25, 0.3) is 10.9 Å². The SMILES string of the molecule is COc1cc(NC(=O)CCN2CC[C@@H](C(C(N)=O)(c3ccccc3)c3ccccc3)C2)c(Cl)cc1CNC[C@H](O)c1ccc(O)c2[nH]c(=O)ccc12. The number of ether oxygens (including phenoxy) is 1. The lowest BCUT2D eigenvalue weighted by molar-refractivity contribution is -0.124. The van der Waals surface area contributed by atoms with Crippen LogP contribution in [-0.4, -0.2) is 65.2 Å². The Morgan fingerprint density at radius 3 is 2.38 bits per heavy atom. The molecule has 1 fully saturated rings. The number of hydrogen-bond donors (Lipinski definition) is 6. The largest absolute Gasteiger partial charge is 0.506 e. The summed E-state index contributed by atoms with van der Waals surface area (Å²) in [4.78, 5) is 43.1. The third-order valence-electron chi connectivity index (χ3n) is 9.95. The molecule has 1 aromatic heterocycles. The number of likely N-dealkylation sites (tertiary alicyclic amines) is 1. The number of aromatic amines is 1. The zero-order chi connectivity index (χ0) is 36.8. The number of rotatable bonds is 14. The van der Waals surface area contributed by atoms with E-state index in [0.717, 1.165) is 29.7 Å². The van der Waals surface area contributed by atoms with Crippen LogP contribution in [0, 0.1) is 5.92 Å². The van der Waals surface area contributed by atoms with Crippen molar-refractivity contribution in [3.63, 3.8) is 0 Å². The quantitative estimate of drug-likeness (QED) is 0.0946. The van der Waals surface area contributed by atoms with Gasteiger partial charge >= 0.3 is 0 Å². The molecule has 6 rings (SSSR count). The Labute approximate surface area is 306 Å². The van der Waals surface area contributed by atoms with Crippen molar-refractivity contribution in [1.82, 2.24) is 15.2 Å². The van der Waals surface area contributed by atoms with Gasteiger partial charge in [0.2, 0.25) is 17.4 Å². The summed E-state index contributed by atoms with van der Waals surface area (Å²) in [5.41, 5.74) is 8.54. The second kappa shape index (κ2) is 16.0. The van der Waals surface area contributed by atoms with Crippen LogP contribution >= 0.6 is 11.6 Å². The molecule has 7 N–H and O–H groups in total. The van der Waals surface area contributed by atoms with Crippen LogP contribution in [0.1, 0.15) is 41.2 Å². The summed E-state index contributed by atoms with van der Waals surface area (Å²) in [5.74, 6) is -0.262. The smallest absolute Gasteiger partial charge is 0.248 e. The first-order chi connectivity index (χ1) is 25.1. The predicted molar refractivity (Wildman–Crippen MR) is 202 cm³/mol. The molecule has 2 atom stereocenters. The van der Waals surface area contributed by atoms with Gasteiger partial charge in [0.15, 0.2) is 0 Å². The van der Waals surface area contributed by atoms with Crippen LogP contribution in [0.15, 0.2) is 102 Å². The Morgan fingerprint density at radius 1 is 1.04 bits per heavy atom. The second-order valence-corrected chi connectivity index (χ2v) is 13.5. The maximum absolute atomic E-state index is 13.4. The van der Waals surface area contributed by atoms with E-state index in [9.17, 15) is 24.6 Å². The summed E-state index contributed by atoms with van der Waals surface area (Å²) in [6.45, 7) is 2.28. The van der Waals surface area contributed by atoms with Crippen molar-refractivity contribution in [2.75, 3.05) is 38.6 Å². The number of H-pyrrole nitrogens is 1. The van der Waals surface area contributed by atoms with Crippen LogP contribution in [0.5, 0.6) is 11.5 Å². The van der Waals surface area contributed by atoms with Crippen LogP contribution in [0.2, 0.25) is 5.02 Å². The third-order valence-corrected chi connectivity index (χ3v) is 10.3. The number of fused-ring (bicyclic) bond motifs is 1. The number of primary amides is 1. The number of pyridine rings is 1. The normalized spacial score (nSPS) is 15.4. The molecule has 4 aromatic carbocycles. The molecule has 11 nitrogen and oxygen atoms in total. The fourth-order valence-electron chi connectivity index (χ4n) is 7.41. The van der Waals surface area contributed by atoms with E-state index in [1.807, 2.05) is 60.7 Å². The Kier molecular flexibility index (Phi) is 11.3. The van der Waals surface area contributed by atoms with Crippen LogP contribution in [0.4, 0.5) is 5.69 Å². The molecule has 2 amide bonds. The number of amides is 2. The Hall–Kier alpha value is -5.20. The molecule has 2 heterocycles. The molecule has 5 aromatic rings. The minimum atomic E-state index is -1.00. The molecule has 0 saturated carbocycles. The van der Waals surface area contributed by atoms with Crippen LogP contribution < -0.4 is 26.7 Å². The average Bonchev–Trinajstić information content (AvgIpc) is 3.62. The van der Waals surface area contributed by atoms with Crippen molar-refractivity contribution in [1.29, 1.82) is 0 Å². The van der Waals surface area contributed by atoms with E-state index in [4.69, 9.17) is 22.1 Å². The number of aromatic hydroxyl groups is 1. The Balaban J connectivity index is 1.06. The maximum Gasteiger partial charge on any atom is 0.248 e. The number of aliphatic hydroxyl groups excluding tert-OH is 1. The molecule has 1 aliphatic heterocycles. The van der Waals surface area contributed by atoms with Crippen molar-refractivity contribution >= 4 is 40.0 Å². The third kappa shape index (κ3) is 7.54. The number of anilines is 1. The lowest BCUT2D eigenvalue weighted by atomic mass is 9.64. The van der Waals surface area contributed by atoms with E-state index in [-0.39, 0.29) is 41.6 Å². The first kappa shape index (κ1) is 36.6. The number of carbonyl (C=O) groups is 2. The average molecular weight is 724 g/mol. The topological polar surface area (TPSA) is 170 Å². The highest BCUT2D eigenvalue weighted by Crippen LogP contribution is 2.43. The molecule has 1 aliphatic rings. The summed E-state index contributed by atoms with van der Waals surface area (Å²) in [6, 6.07) is 28.7. The molecule has 12 heteroatoms. The van der Waals surface area contributed by atoms with E-state index in [1.54, 1.807) is 24.3 Å². The van der Waals surface area contributed by atoms with Crippen molar-refractivity contribution in [3.8, 4) is 11.5 Å². The van der Waals surface area contributed by atoms with Gasteiger partial charge in [-0.05, 0) is 53.8 Å². The zero-order valence-electron chi connectivity index (χ0n) is 28.8. The van der Waals surface area contributed by atoms with Gasteiger partial charge in [-0.2, -0.15) is 0 Å². The van der Waals surface area contributed by atoms with Gasteiger partial charge in [0.25, 0.3) is 0 Å². The minimum absolute atomic E-state index is 0.0789. The van der Waals surface area contributed by atoms with E-state index < -0.39 is 17.4 Å². The van der Waals surface area contributed by atoms with Gasteiger partial charge in [0.05, 0.1) is 29.4 Å². The number of benzene rings is 4. The second-order valence-electron chi connectivity index (χ2n) is 13.1. The van der Waals surface area contributed by atoms with Crippen molar-refractivity contribution in [3.05, 3.63) is 135 Å². The number of carbonyl (C=O) groups excluding carboxylic acids is 2. The standard InChI is InChI=1S/C40H42ClN5O6/c1-52-35-21-32(31(41)20-25(35)22-43-23-34(48)29-12-14-33(47)38-30(29)13-15-36(49)45-38)44-37(50)17-19-46-18-16-28(24-46)40(39(42)51,26-8-4-2-5-9-26)27-10-6-3-7-11-27/h2-15,20-21,28,34,43,47-48H,16-19,22-24H2,1H3,(H2,42,51)(H,44,50)(H,45,49)/t28-,34+/m1/s1. The number of halogens is 1. The minimum Gasteiger partial charge on any atom is -0.506 e. The molecule has 1 saturated heterocycles. The van der Waals surface area contributed by atoms with E-state index in [2.05, 4.69) is 20.5 Å². The highest BCUT2D eigenvalue weighted by atomic mass is 35.5. The number of phenolic OH excluding ortho intramolecular Hbond substituents is 1. The number of hydrogen-bond acceptors (Lipinski definition) is 8. The highest BCUT2D eigenvalue weighted by Gasteiger charge is 2.49. The molecule has 270 valence electrons. The van der Waals surface area contributed by atoms with Gasteiger partial charge in [0, 0.05) is 55.7 Å². The Bertz CT molecular complexity index is 2070. The monoisotopic (exact) mass is 723 g/mol. The number of nitrogens with one attached hydrogen (secondary N) is 3. The molecular weight excluding hydrogens is 682 g/mol. The molecule has 0 bridgehead atoms. The highest BCUT2D eigenvalue weighted by molar-refractivity contribution is 6.33. The van der Waals surface area contributed by atoms with E-state index >= 15 is 0 Å². The lowest BCUT2D eigenvalue weighted by Gasteiger charge is -2.37. The molecule has 0 unspecified atom stereocenters. The number of aliphatic hydroxyl groups is 1. The summed E-state index contributed by atoms with van der Waals surface area (Å²) < 4.78 is 5.60. The molecular formula is C40H42ClN5O6. The lowest BCUT2D eigenvalue weighted by Crippen LogP contribution is -2.49. The molecule has 0 spiro atoms. The number of aromatic nitrogens is 1. The fourth-order valence-corrected chi connectivity index (χ4v) is 7.64. The van der Waals surface area contributed by atoms with Crippen molar-refractivity contribution < 1.29 is 24.5 Å². The first-order valence-corrected chi connectivity index (χ1v) is 17.5. The first-order valence-electron chi connectivity index (χ1n) is 17.1. The molecule has 52 heavy (non-hydrogen) atoms. The van der Waals surface area contributed by atoms with Gasteiger partial charge in [-0.3, -0.25) is 14.4 Å². The molecule has 0 aliphatic carbocycles. The predicted octanol–water partition coefficient (Wildman–Crippen LogP) is 4.84. The van der Waals surface area contributed by atoms with Crippen molar-refractivity contribution in [2.24, 2.45) is 11.7 Å². The van der Waals surface area contributed by atoms with E-state index in [0.29, 0.717) is 47.0 Å². The summed E-state index contributed by atoms with van der Waals surface area (Å²) >= 11 is 6.62. The number of nitrogens with zero attached hydrogens (tertiary/aromatic N) is 1. The van der Waals surface area contributed by atoms with Crippen molar-refractivity contribution in [2.45, 2.75) is 30.9 Å². The number of phenols is 1. The Morgan fingerprint density at radius 2 is 1.73 bits per heavy atom. The van der Waals surface area contributed by atoms with Gasteiger partial charge in [-0.25, -0.2) is 0 Å². The maximum atomic E-state index is 13.4. The zero-order valence-corrected chi connectivity index (χ0v) is 29.5. The van der Waals surface area contributed by atoms with Crippen LogP contribution in [-0.2, 0) is 21.5 Å².